The molecule has 0 saturated carbocycles. The molecule has 7 heteroatoms. The molecule has 0 unspecified atom stereocenters. The summed E-state index contributed by atoms with van der Waals surface area (Å²) in [5, 5.41) is 0. The predicted molar refractivity (Wildman–Crippen MR) is 92.7 cm³/mol. The number of methoxy groups -OCH3 is 1. The fourth-order valence-corrected chi connectivity index (χ4v) is 3.65. The van der Waals surface area contributed by atoms with Crippen molar-refractivity contribution < 1.29 is 13.2 Å². The minimum absolute atomic E-state index is 0.221. The molecule has 0 bridgehead atoms. The van der Waals surface area contributed by atoms with Gasteiger partial charge in [0.1, 0.15) is 11.6 Å². The second kappa shape index (κ2) is 6.62. The van der Waals surface area contributed by atoms with E-state index >= 15 is 0 Å². The summed E-state index contributed by atoms with van der Waals surface area (Å²) >= 11 is 0. The SMILES string of the molecule is COc1ccccc1CCNS(=O)(=O)c1ccc2nc(C)[nH]c2c1. The van der Waals surface area contributed by atoms with Crippen molar-refractivity contribution in [2.45, 2.75) is 18.2 Å². The van der Waals surface area contributed by atoms with E-state index in [4.69, 9.17) is 4.74 Å². The zero-order chi connectivity index (χ0) is 17.2. The van der Waals surface area contributed by atoms with E-state index in [0.717, 1.165) is 22.7 Å². The summed E-state index contributed by atoms with van der Waals surface area (Å²) in [4.78, 5) is 7.54. The topological polar surface area (TPSA) is 84.1 Å². The van der Waals surface area contributed by atoms with Crippen LogP contribution in [0, 0.1) is 6.92 Å². The highest BCUT2D eigenvalue weighted by Crippen LogP contribution is 2.19. The largest absolute Gasteiger partial charge is 0.496 e. The van der Waals surface area contributed by atoms with Gasteiger partial charge in [0.2, 0.25) is 10.0 Å². The van der Waals surface area contributed by atoms with Crippen molar-refractivity contribution >= 4 is 21.1 Å². The summed E-state index contributed by atoms with van der Waals surface area (Å²) in [5.41, 5.74) is 2.42. The van der Waals surface area contributed by atoms with E-state index in [2.05, 4.69) is 14.7 Å². The van der Waals surface area contributed by atoms with Gasteiger partial charge in [0.05, 0.1) is 23.0 Å². The molecule has 0 spiro atoms. The monoisotopic (exact) mass is 345 g/mol. The Kier molecular flexibility index (Phi) is 4.55. The Morgan fingerprint density at radius 3 is 2.79 bits per heavy atom. The van der Waals surface area contributed by atoms with Gasteiger partial charge in [-0.05, 0) is 43.2 Å². The lowest BCUT2D eigenvalue weighted by Gasteiger charge is -2.09. The summed E-state index contributed by atoms with van der Waals surface area (Å²) in [6.07, 6.45) is 0.550. The molecule has 0 aliphatic rings. The average Bonchev–Trinajstić information content (AvgIpc) is 2.94. The van der Waals surface area contributed by atoms with Crippen LogP contribution in [0.25, 0.3) is 11.0 Å². The molecule has 3 aromatic rings. The molecule has 24 heavy (non-hydrogen) atoms. The molecule has 6 nitrogen and oxygen atoms in total. The average molecular weight is 345 g/mol. The van der Waals surface area contributed by atoms with E-state index in [-0.39, 0.29) is 4.90 Å². The first-order valence-electron chi connectivity index (χ1n) is 7.57. The number of hydrogen-bond donors (Lipinski definition) is 2. The van der Waals surface area contributed by atoms with Crippen LogP contribution in [0.2, 0.25) is 0 Å². The van der Waals surface area contributed by atoms with Gasteiger partial charge in [0.25, 0.3) is 0 Å². The van der Waals surface area contributed by atoms with Gasteiger partial charge in [-0.3, -0.25) is 0 Å². The number of fused-ring (bicyclic) bond motifs is 1. The lowest BCUT2D eigenvalue weighted by Crippen LogP contribution is -2.26. The number of aromatic amines is 1. The first kappa shape index (κ1) is 16.5. The highest BCUT2D eigenvalue weighted by Gasteiger charge is 2.15. The molecule has 0 aliphatic carbocycles. The van der Waals surface area contributed by atoms with Crippen LogP contribution in [0.5, 0.6) is 5.75 Å². The number of H-pyrrole nitrogens is 1. The Hall–Kier alpha value is -2.38. The van der Waals surface area contributed by atoms with Crippen LogP contribution in [0.4, 0.5) is 0 Å². The molecule has 0 aliphatic heterocycles. The highest BCUT2D eigenvalue weighted by molar-refractivity contribution is 7.89. The maximum absolute atomic E-state index is 12.5. The number of aromatic nitrogens is 2. The van der Waals surface area contributed by atoms with Gasteiger partial charge in [0.15, 0.2) is 0 Å². The lowest BCUT2D eigenvalue weighted by atomic mass is 10.1. The minimum atomic E-state index is -3.57. The zero-order valence-electron chi connectivity index (χ0n) is 13.5. The molecule has 0 atom stereocenters. The standard InChI is InChI=1S/C17H19N3O3S/c1-12-19-15-8-7-14(11-16(15)20-12)24(21,22)18-10-9-13-5-3-4-6-17(13)23-2/h3-8,11,18H,9-10H2,1-2H3,(H,19,20). The van der Waals surface area contributed by atoms with Gasteiger partial charge in [-0.15, -0.1) is 0 Å². The van der Waals surface area contributed by atoms with E-state index in [1.165, 1.54) is 0 Å². The van der Waals surface area contributed by atoms with Gasteiger partial charge in [-0.2, -0.15) is 0 Å². The predicted octanol–water partition coefficient (Wildman–Crippen LogP) is 2.40. The first-order valence-corrected chi connectivity index (χ1v) is 9.06. The summed E-state index contributed by atoms with van der Waals surface area (Å²) in [5.74, 6) is 1.51. The van der Waals surface area contributed by atoms with E-state index in [1.54, 1.807) is 25.3 Å². The molecule has 1 heterocycles. The highest BCUT2D eigenvalue weighted by atomic mass is 32.2. The number of benzene rings is 2. The van der Waals surface area contributed by atoms with Crippen molar-refractivity contribution in [1.29, 1.82) is 0 Å². The van der Waals surface area contributed by atoms with Crippen LogP contribution in [-0.2, 0) is 16.4 Å². The fourth-order valence-electron chi connectivity index (χ4n) is 2.60. The Morgan fingerprint density at radius 2 is 2.00 bits per heavy atom. The molecule has 3 rings (SSSR count). The van der Waals surface area contributed by atoms with E-state index in [9.17, 15) is 8.42 Å². The van der Waals surface area contributed by atoms with Crippen molar-refractivity contribution in [3.05, 3.63) is 53.9 Å². The molecule has 0 fully saturated rings. The number of imidazole rings is 1. The molecule has 1 aromatic heterocycles. The summed E-state index contributed by atoms with van der Waals surface area (Å²) in [6.45, 7) is 2.13. The Balaban J connectivity index is 1.73. The second-order valence-electron chi connectivity index (χ2n) is 5.46. The first-order chi connectivity index (χ1) is 11.5. The third-order valence-corrected chi connectivity index (χ3v) is 5.22. The quantitative estimate of drug-likeness (QED) is 0.718. The normalized spacial score (nSPS) is 11.8. The van der Waals surface area contributed by atoms with Gasteiger partial charge in [0, 0.05) is 6.54 Å². The summed E-state index contributed by atoms with van der Waals surface area (Å²) < 4.78 is 32.8. The van der Waals surface area contributed by atoms with E-state index < -0.39 is 10.0 Å². The smallest absolute Gasteiger partial charge is 0.240 e. The zero-order valence-corrected chi connectivity index (χ0v) is 14.4. The maximum atomic E-state index is 12.5. The Morgan fingerprint density at radius 1 is 1.21 bits per heavy atom. The van der Waals surface area contributed by atoms with Crippen LogP contribution in [-0.4, -0.2) is 32.0 Å². The summed E-state index contributed by atoms with van der Waals surface area (Å²) in [7, 11) is -1.97. The van der Waals surface area contributed by atoms with Crippen molar-refractivity contribution in [2.75, 3.05) is 13.7 Å². The van der Waals surface area contributed by atoms with Gasteiger partial charge >= 0.3 is 0 Å². The Labute approximate surface area is 140 Å². The minimum Gasteiger partial charge on any atom is -0.496 e. The Bertz CT molecular complexity index is 964. The van der Waals surface area contributed by atoms with Crippen LogP contribution < -0.4 is 9.46 Å². The number of rotatable bonds is 6. The molecule has 0 saturated heterocycles. The van der Waals surface area contributed by atoms with Crippen molar-refractivity contribution in [3.63, 3.8) is 0 Å². The van der Waals surface area contributed by atoms with Crippen molar-refractivity contribution in [1.82, 2.24) is 14.7 Å². The van der Waals surface area contributed by atoms with Gasteiger partial charge in [-0.25, -0.2) is 18.1 Å². The molecule has 2 N–H and O–H groups in total. The number of sulfonamides is 1. The number of nitrogens with one attached hydrogen (secondary N) is 2. The number of nitrogens with zero attached hydrogens (tertiary/aromatic N) is 1. The molecule has 0 amide bonds. The van der Waals surface area contributed by atoms with Crippen molar-refractivity contribution in [2.24, 2.45) is 0 Å². The van der Waals surface area contributed by atoms with Crippen LogP contribution in [0.3, 0.4) is 0 Å². The lowest BCUT2D eigenvalue weighted by molar-refractivity contribution is 0.409. The van der Waals surface area contributed by atoms with E-state index in [0.29, 0.717) is 18.5 Å². The van der Waals surface area contributed by atoms with Crippen molar-refractivity contribution in [3.8, 4) is 5.75 Å². The molecular weight excluding hydrogens is 326 g/mol. The molecule has 0 radical (unpaired) electrons. The second-order valence-corrected chi connectivity index (χ2v) is 7.23. The third kappa shape index (κ3) is 3.42. The molecule has 2 aromatic carbocycles. The third-order valence-electron chi connectivity index (χ3n) is 3.76. The van der Waals surface area contributed by atoms with Crippen LogP contribution in [0.15, 0.2) is 47.4 Å². The van der Waals surface area contributed by atoms with E-state index in [1.807, 2.05) is 31.2 Å². The molecular formula is C17H19N3O3S. The maximum Gasteiger partial charge on any atom is 0.240 e. The fraction of sp³-hybridized carbons (Fsp3) is 0.235. The van der Waals surface area contributed by atoms with Crippen LogP contribution in [0.1, 0.15) is 11.4 Å². The van der Waals surface area contributed by atoms with Gasteiger partial charge in [-0.1, -0.05) is 18.2 Å². The number of aryl methyl sites for hydroxylation is 1. The molecule has 126 valence electrons. The van der Waals surface area contributed by atoms with Crippen LogP contribution >= 0.6 is 0 Å². The van der Waals surface area contributed by atoms with Gasteiger partial charge < -0.3 is 9.72 Å². The number of hydrogen-bond acceptors (Lipinski definition) is 4. The summed E-state index contributed by atoms with van der Waals surface area (Å²) in [6, 6.07) is 12.4. The number of ether oxygens (including phenoxy) is 1. The number of para-hydroxylation sites is 1.